The van der Waals surface area contributed by atoms with Gasteiger partial charge in [0.1, 0.15) is 33.5 Å². The lowest BCUT2D eigenvalue weighted by Crippen LogP contribution is -2.49. The van der Waals surface area contributed by atoms with Crippen molar-refractivity contribution in [2.45, 2.75) is 57.8 Å². The highest BCUT2D eigenvalue weighted by atomic mass is 32.1. The Morgan fingerprint density at radius 3 is 2.63 bits per heavy atom. The number of aliphatic hydroxyl groups excluding tert-OH is 1. The normalized spacial score (nSPS) is 15.0. The van der Waals surface area contributed by atoms with Gasteiger partial charge in [0.25, 0.3) is 5.56 Å². The van der Waals surface area contributed by atoms with Crippen LogP contribution in [0.2, 0.25) is 0 Å². The van der Waals surface area contributed by atoms with E-state index in [9.17, 15) is 23.9 Å². The van der Waals surface area contributed by atoms with Crippen LogP contribution >= 0.6 is 11.3 Å². The number of nitrogens with one attached hydrogen (secondary N) is 1. The smallest absolute Gasteiger partial charge is 0.332 e. The second kappa shape index (κ2) is 11.9. The number of carbonyl (C=O) groups is 1. The average molecular weight is 587 g/mol. The number of halogens is 1. The van der Waals surface area contributed by atoms with Gasteiger partial charge in [-0.1, -0.05) is 11.3 Å². The molecule has 1 saturated carbocycles. The Labute approximate surface area is 237 Å². The van der Waals surface area contributed by atoms with E-state index in [-0.39, 0.29) is 31.2 Å². The summed E-state index contributed by atoms with van der Waals surface area (Å²) >= 11 is 1.14. The molecule has 5 rings (SSSR count). The number of amides is 1. The standard InChI is InChI=1S/C27H31FN6O6S/c1-15-22-24(37)33(16(2)23(36)31-18-5-4-6-18)27(38)32(26(22)41-25(15)34-29-9-10-30-34)14-21(40-12-11-35)19-13-17(28)7-8-20(19)39-3/h7-10,13,16,18,21,35H,4-6,11-12,14H2,1-3H3,(H,31,36). The van der Waals surface area contributed by atoms with E-state index in [0.717, 1.165) is 35.2 Å². The average Bonchev–Trinajstić information content (AvgIpc) is 3.58. The molecule has 1 aliphatic rings. The van der Waals surface area contributed by atoms with Crippen molar-refractivity contribution in [2.24, 2.45) is 0 Å². The highest BCUT2D eigenvalue weighted by molar-refractivity contribution is 7.21. The van der Waals surface area contributed by atoms with Crippen LogP contribution in [0.4, 0.5) is 4.39 Å². The molecule has 14 heteroatoms. The summed E-state index contributed by atoms with van der Waals surface area (Å²) in [7, 11) is 1.43. The fourth-order valence-corrected chi connectivity index (χ4v) is 6.14. The third-order valence-electron chi connectivity index (χ3n) is 7.33. The first-order valence-electron chi connectivity index (χ1n) is 13.3. The first-order valence-corrected chi connectivity index (χ1v) is 14.1. The van der Waals surface area contributed by atoms with Gasteiger partial charge in [-0.05, 0) is 51.3 Å². The Bertz CT molecular complexity index is 1680. The minimum Gasteiger partial charge on any atom is -0.496 e. The van der Waals surface area contributed by atoms with Crippen molar-refractivity contribution in [3.63, 3.8) is 0 Å². The van der Waals surface area contributed by atoms with Crippen molar-refractivity contribution in [1.29, 1.82) is 0 Å². The summed E-state index contributed by atoms with van der Waals surface area (Å²) < 4.78 is 28.0. The number of fused-ring (bicyclic) bond motifs is 1. The molecule has 2 N–H and O–H groups in total. The van der Waals surface area contributed by atoms with Gasteiger partial charge in [0.05, 0.1) is 44.6 Å². The lowest BCUT2D eigenvalue weighted by atomic mass is 9.93. The number of carbonyl (C=O) groups excluding carboxylic acids is 1. The summed E-state index contributed by atoms with van der Waals surface area (Å²) in [6.45, 7) is 2.66. The van der Waals surface area contributed by atoms with E-state index in [1.54, 1.807) is 6.92 Å². The lowest BCUT2D eigenvalue weighted by Gasteiger charge is -2.28. The number of rotatable bonds is 11. The fraction of sp³-hybridized carbons (Fsp3) is 0.444. The van der Waals surface area contributed by atoms with E-state index < -0.39 is 35.1 Å². The molecule has 1 fully saturated rings. The largest absolute Gasteiger partial charge is 0.496 e. The van der Waals surface area contributed by atoms with Crippen LogP contribution < -0.4 is 21.3 Å². The molecular formula is C27H31FN6O6S. The monoisotopic (exact) mass is 586 g/mol. The van der Waals surface area contributed by atoms with Crippen LogP contribution in [0.25, 0.3) is 15.2 Å². The Morgan fingerprint density at radius 1 is 1.27 bits per heavy atom. The van der Waals surface area contributed by atoms with Crippen LogP contribution in [0, 0.1) is 12.7 Å². The van der Waals surface area contributed by atoms with Crippen LogP contribution in [0.3, 0.4) is 0 Å². The number of benzene rings is 1. The third kappa shape index (κ3) is 5.42. The zero-order valence-electron chi connectivity index (χ0n) is 22.9. The van der Waals surface area contributed by atoms with Crippen LogP contribution in [-0.2, 0) is 16.1 Å². The van der Waals surface area contributed by atoms with Gasteiger partial charge in [-0.15, -0.1) is 4.80 Å². The molecule has 1 aromatic carbocycles. The number of aryl methyl sites for hydroxylation is 1. The topological polar surface area (TPSA) is 142 Å². The van der Waals surface area contributed by atoms with Gasteiger partial charge in [-0.25, -0.2) is 13.8 Å². The first kappa shape index (κ1) is 28.6. The molecule has 0 aliphatic heterocycles. The number of hydrogen-bond donors (Lipinski definition) is 2. The number of aromatic nitrogens is 5. The molecule has 0 bridgehead atoms. The summed E-state index contributed by atoms with van der Waals surface area (Å²) in [6, 6.07) is 2.85. The quantitative estimate of drug-likeness (QED) is 0.273. The van der Waals surface area contributed by atoms with Gasteiger partial charge >= 0.3 is 5.69 Å². The van der Waals surface area contributed by atoms with E-state index in [0.29, 0.717) is 26.7 Å². The molecule has 2 unspecified atom stereocenters. The van der Waals surface area contributed by atoms with Gasteiger partial charge in [-0.3, -0.25) is 14.2 Å². The summed E-state index contributed by atoms with van der Waals surface area (Å²) in [6.07, 6.45) is 4.75. The van der Waals surface area contributed by atoms with Crippen LogP contribution in [0.15, 0.2) is 40.2 Å². The van der Waals surface area contributed by atoms with Gasteiger partial charge < -0.3 is 19.9 Å². The van der Waals surface area contributed by atoms with Gasteiger partial charge in [0.15, 0.2) is 0 Å². The van der Waals surface area contributed by atoms with Crippen LogP contribution in [0.5, 0.6) is 5.75 Å². The van der Waals surface area contributed by atoms with Crippen molar-refractivity contribution in [1.82, 2.24) is 29.4 Å². The SMILES string of the molecule is COc1ccc(F)cc1C(Cn1c(=O)n(C(C)C(=O)NC2CCC2)c(=O)c2c(C)c(-n3nccn3)sc21)OCCO. The van der Waals surface area contributed by atoms with Crippen molar-refractivity contribution in [3.8, 4) is 10.8 Å². The number of hydrogen-bond acceptors (Lipinski definition) is 9. The van der Waals surface area contributed by atoms with Gasteiger partial charge in [0.2, 0.25) is 5.91 Å². The highest BCUT2D eigenvalue weighted by Crippen LogP contribution is 2.34. The van der Waals surface area contributed by atoms with Crippen molar-refractivity contribution >= 4 is 27.5 Å². The van der Waals surface area contributed by atoms with E-state index in [1.807, 2.05) is 0 Å². The highest BCUT2D eigenvalue weighted by Gasteiger charge is 2.30. The Morgan fingerprint density at radius 2 is 2.00 bits per heavy atom. The predicted octanol–water partition coefficient (Wildman–Crippen LogP) is 2.24. The Kier molecular flexibility index (Phi) is 8.33. The minimum absolute atomic E-state index is 0.0173. The Hall–Kier alpha value is -3.88. The van der Waals surface area contributed by atoms with E-state index in [1.165, 1.54) is 54.0 Å². The molecule has 4 aromatic rings. The maximum Gasteiger partial charge on any atom is 0.332 e. The van der Waals surface area contributed by atoms with E-state index >= 15 is 0 Å². The molecular weight excluding hydrogens is 555 g/mol. The van der Waals surface area contributed by atoms with Crippen molar-refractivity contribution in [2.75, 3.05) is 20.3 Å². The molecule has 0 saturated heterocycles. The molecule has 12 nitrogen and oxygen atoms in total. The second-order valence-corrected chi connectivity index (χ2v) is 10.9. The van der Waals surface area contributed by atoms with E-state index in [2.05, 4.69) is 15.5 Å². The number of aliphatic hydroxyl groups is 1. The predicted molar refractivity (Wildman–Crippen MR) is 149 cm³/mol. The third-order valence-corrected chi connectivity index (χ3v) is 8.61. The molecule has 2 atom stereocenters. The zero-order chi connectivity index (χ0) is 29.3. The minimum atomic E-state index is -1.10. The van der Waals surface area contributed by atoms with Crippen LogP contribution in [-0.4, -0.2) is 61.5 Å². The summed E-state index contributed by atoms with van der Waals surface area (Å²) in [5, 5.41) is 21.5. The van der Waals surface area contributed by atoms with Crippen LogP contribution in [0.1, 0.15) is 49.5 Å². The maximum atomic E-state index is 14.4. The number of ether oxygens (including phenoxy) is 2. The summed E-state index contributed by atoms with van der Waals surface area (Å²) in [5.41, 5.74) is -0.484. The number of methoxy groups -OCH3 is 1. The summed E-state index contributed by atoms with van der Waals surface area (Å²) in [5.74, 6) is -0.647. The number of thiophene rings is 1. The lowest BCUT2D eigenvalue weighted by molar-refractivity contribution is -0.125. The molecule has 0 spiro atoms. The fourth-order valence-electron chi connectivity index (χ4n) is 4.92. The first-order chi connectivity index (χ1) is 19.7. The maximum absolute atomic E-state index is 14.4. The van der Waals surface area contributed by atoms with Gasteiger partial charge in [-0.2, -0.15) is 10.2 Å². The molecule has 1 aliphatic carbocycles. The van der Waals surface area contributed by atoms with Crippen molar-refractivity contribution in [3.05, 3.63) is 68.4 Å². The Balaban J connectivity index is 1.71. The molecule has 41 heavy (non-hydrogen) atoms. The van der Waals surface area contributed by atoms with E-state index in [4.69, 9.17) is 9.47 Å². The zero-order valence-corrected chi connectivity index (χ0v) is 23.7. The number of nitrogens with zero attached hydrogens (tertiary/aromatic N) is 5. The molecule has 1 amide bonds. The molecule has 3 aromatic heterocycles. The molecule has 218 valence electrons. The van der Waals surface area contributed by atoms with Gasteiger partial charge in [0, 0.05) is 17.2 Å². The molecule has 3 heterocycles. The van der Waals surface area contributed by atoms with Crippen molar-refractivity contribution < 1.29 is 23.8 Å². The second-order valence-electron chi connectivity index (χ2n) is 9.88. The molecule has 0 radical (unpaired) electrons. The summed E-state index contributed by atoms with van der Waals surface area (Å²) in [4.78, 5) is 42.8.